The van der Waals surface area contributed by atoms with Gasteiger partial charge in [-0.15, -0.1) is 0 Å². The summed E-state index contributed by atoms with van der Waals surface area (Å²) in [5, 5.41) is 0. The van der Waals surface area contributed by atoms with E-state index in [1.807, 2.05) is 0 Å². The first kappa shape index (κ1) is 24.0. The molecule has 7 aliphatic carbocycles. The van der Waals surface area contributed by atoms with E-state index in [1.165, 1.54) is 12.8 Å². The number of hydrogen-bond acceptors (Lipinski definition) is 0. The van der Waals surface area contributed by atoms with Gasteiger partial charge in [-0.2, -0.15) is 0 Å². The Labute approximate surface area is 225 Å². The van der Waals surface area contributed by atoms with Crippen LogP contribution in [-0.4, -0.2) is 0 Å². The lowest BCUT2D eigenvalue weighted by atomic mass is 9.23. The van der Waals surface area contributed by atoms with Crippen LogP contribution in [0.1, 0.15) is 81.6 Å². The molecule has 0 N–H and O–H groups in total. The molecule has 0 aromatic carbocycles. The number of hydrogen-bond donors (Lipinski definition) is 0. The second-order valence-corrected chi connectivity index (χ2v) is 15.0. The Morgan fingerprint density at radius 3 is 1.84 bits per heavy atom. The minimum atomic E-state index is -0.00684. The summed E-state index contributed by atoms with van der Waals surface area (Å²) in [6.45, 7) is 23.6. The molecule has 7 rings (SSSR count). The van der Waals surface area contributed by atoms with E-state index in [0.717, 1.165) is 6.42 Å². The minimum Gasteiger partial charge on any atom is -0.0801 e. The van der Waals surface area contributed by atoms with E-state index < -0.39 is 0 Å². The van der Waals surface area contributed by atoms with Crippen LogP contribution in [0.4, 0.5) is 0 Å². The van der Waals surface area contributed by atoms with E-state index >= 15 is 0 Å². The maximum atomic E-state index is 2.74. The van der Waals surface area contributed by atoms with Crippen LogP contribution in [0, 0.1) is 49.7 Å². The first-order valence-electron chi connectivity index (χ1n) is 14.8. The Kier molecular flexibility index (Phi) is 4.25. The summed E-state index contributed by atoms with van der Waals surface area (Å²) in [6.07, 6.45) is 30.6. The molecule has 9 atom stereocenters. The zero-order valence-electron chi connectivity index (χ0n) is 24.6. The standard InChI is InChI=1S/C37H46/c1-24-22-27-25(2)36(8)28(30(29(24)27)26-16-10-11-17-26)23-35(7)33(5)20-13-12-18-31(33,3)32(4)19-14-15-21-34(32,6)37(35,36)9/h10-16,18-21,24,28H,17,22-23H2,1-9H3. The Bertz CT molecular complexity index is 1380. The molecule has 0 aromatic rings. The molecule has 0 nitrogen and oxygen atoms in total. The summed E-state index contributed by atoms with van der Waals surface area (Å²) in [6, 6.07) is 0. The van der Waals surface area contributed by atoms with Crippen molar-refractivity contribution in [1.82, 2.24) is 0 Å². The first-order valence-corrected chi connectivity index (χ1v) is 14.8. The van der Waals surface area contributed by atoms with Crippen LogP contribution in [-0.2, 0) is 0 Å². The van der Waals surface area contributed by atoms with Gasteiger partial charge >= 0.3 is 0 Å². The monoisotopic (exact) mass is 490 g/mol. The highest BCUT2D eigenvalue weighted by molar-refractivity contribution is 5.64. The van der Waals surface area contributed by atoms with Gasteiger partial charge in [0, 0.05) is 27.1 Å². The molecular weight excluding hydrogens is 444 g/mol. The van der Waals surface area contributed by atoms with E-state index in [1.54, 1.807) is 27.9 Å². The van der Waals surface area contributed by atoms with Crippen molar-refractivity contribution in [1.29, 1.82) is 0 Å². The fourth-order valence-electron chi connectivity index (χ4n) is 12.2. The summed E-state index contributed by atoms with van der Waals surface area (Å²) < 4.78 is 0. The lowest BCUT2D eigenvalue weighted by Crippen LogP contribution is -2.75. The molecule has 0 aromatic heterocycles. The largest absolute Gasteiger partial charge is 0.0801 e. The number of fused-ring (bicyclic) bond motifs is 9. The summed E-state index contributed by atoms with van der Waals surface area (Å²) in [5.41, 5.74) is 8.76. The molecule has 0 heterocycles. The predicted octanol–water partition coefficient (Wildman–Crippen LogP) is 9.87. The zero-order valence-corrected chi connectivity index (χ0v) is 24.6. The molecule has 0 amide bonds. The van der Waals surface area contributed by atoms with Crippen molar-refractivity contribution < 1.29 is 0 Å². The second kappa shape index (κ2) is 6.55. The van der Waals surface area contributed by atoms with Gasteiger partial charge in [0.2, 0.25) is 0 Å². The SMILES string of the molecule is CC1=C2CC(C)C2=C(C2=CC=CC2)C2CC3(C)C4(C)C=CC=CC4(C)C4(C)C=CC=CC4(C)C3(C)C12C. The third-order valence-electron chi connectivity index (χ3n) is 15.1. The summed E-state index contributed by atoms with van der Waals surface area (Å²) in [5.74, 6) is 1.24. The van der Waals surface area contributed by atoms with Crippen molar-refractivity contribution in [3.8, 4) is 0 Å². The van der Waals surface area contributed by atoms with Gasteiger partial charge in [0.25, 0.3) is 0 Å². The van der Waals surface area contributed by atoms with Crippen LogP contribution >= 0.6 is 0 Å². The van der Waals surface area contributed by atoms with Gasteiger partial charge in [0.05, 0.1) is 0 Å². The van der Waals surface area contributed by atoms with Gasteiger partial charge in [-0.3, -0.25) is 0 Å². The summed E-state index contributed by atoms with van der Waals surface area (Å²) in [7, 11) is 0. The molecule has 0 saturated heterocycles. The highest BCUT2D eigenvalue weighted by Gasteiger charge is 2.85. The lowest BCUT2D eigenvalue weighted by Gasteiger charge is -2.79. The van der Waals surface area contributed by atoms with E-state index in [9.17, 15) is 0 Å². The third-order valence-corrected chi connectivity index (χ3v) is 15.1. The average Bonchev–Trinajstić information content (AvgIpc) is 3.45. The van der Waals surface area contributed by atoms with E-state index in [0.29, 0.717) is 11.8 Å². The molecular formula is C37H46. The molecule has 7 aliphatic rings. The van der Waals surface area contributed by atoms with Gasteiger partial charge in [-0.05, 0) is 71.1 Å². The maximum absolute atomic E-state index is 2.74. The Hall–Kier alpha value is -2.08. The van der Waals surface area contributed by atoms with Crippen LogP contribution in [0.15, 0.2) is 94.7 Å². The molecule has 0 aliphatic heterocycles. The highest BCUT2D eigenvalue weighted by atomic mass is 14.9. The van der Waals surface area contributed by atoms with E-state index in [2.05, 4.69) is 129 Å². The first-order chi connectivity index (χ1) is 17.3. The van der Waals surface area contributed by atoms with Crippen LogP contribution in [0.5, 0.6) is 0 Å². The van der Waals surface area contributed by atoms with Gasteiger partial charge in [0.15, 0.2) is 0 Å². The van der Waals surface area contributed by atoms with Crippen molar-refractivity contribution in [2.75, 3.05) is 0 Å². The summed E-state index contributed by atoms with van der Waals surface area (Å²) >= 11 is 0. The second-order valence-electron chi connectivity index (χ2n) is 15.0. The van der Waals surface area contributed by atoms with Crippen molar-refractivity contribution in [3.05, 3.63) is 94.7 Å². The molecule has 0 bridgehead atoms. The third kappa shape index (κ3) is 2.02. The molecule has 194 valence electrons. The fraction of sp³-hybridized carbons (Fsp3) is 0.568. The van der Waals surface area contributed by atoms with Gasteiger partial charge in [0.1, 0.15) is 0 Å². The Morgan fingerprint density at radius 2 is 1.27 bits per heavy atom. The number of rotatable bonds is 1. The van der Waals surface area contributed by atoms with Crippen molar-refractivity contribution in [2.24, 2.45) is 49.7 Å². The highest BCUT2D eigenvalue weighted by Crippen LogP contribution is 2.90. The minimum absolute atomic E-state index is 0.00111. The van der Waals surface area contributed by atoms with Crippen molar-refractivity contribution in [2.45, 2.75) is 81.6 Å². The van der Waals surface area contributed by atoms with E-state index in [-0.39, 0.29) is 37.9 Å². The normalized spacial score (nSPS) is 54.5. The molecule has 0 heteroatoms. The molecule has 37 heavy (non-hydrogen) atoms. The van der Waals surface area contributed by atoms with Crippen LogP contribution in [0.25, 0.3) is 0 Å². The molecule has 0 spiro atoms. The lowest BCUT2D eigenvalue weighted by molar-refractivity contribution is -0.263. The maximum Gasteiger partial charge on any atom is 0.00475 e. The molecule has 9 unspecified atom stereocenters. The van der Waals surface area contributed by atoms with Gasteiger partial charge < -0.3 is 0 Å². The Morgan fingerprint density at radius 1 is 0.703 bits per heavy atom. The molecule has 3 saturated carbocycles. The van der Waals surface area contributed by atoms with Crippen molar-refractivity contribution in [3.63, 3.8) is 0 Å². The summed E-state index contributed by atoms with van der Waals surface area (Å²) in [4.78, 5) is 0. The van der Waals surface area contributed by atoms with E-state index in [4.69, 9.17) is 0 Å². The van der Waals surface area contributed by atoms with Crippen LogP contribution in [0.3, 0.4) is 0 Å². The predicted molar refractivity (Wildman–Crippen MR) is 157 cm³/mol. The Balaban J connectivity index is 1.60. The van der Waals surface area contributed by atoms with Crippen LogP contribution < -0.4 is 0 Å². The van der Waals surface area contributed by atoms with Gasteiger partial charge in [-0.1, -0.05) is 128 Å². The smallest absolute Gasteiger partial charge is 0.00475 e. The quantitative estimate of drug-likeness (QED) is 0.343. The number of allylic oxidation sites excluding steroid dienone is 16. The molecule has 0 radical (unpaired) electrons. The van der Waals surface area contributed by atoms with Crippen LogP contribution in [0.2, 0.25) is 0 Å². The van der Waals surface area contributed by atoms with Gasteiger partial charge in [-0.25, -0.2) is 0 Å². The topological polar surface area (TPSA) is 0 Å². The zero-order chi connectivity index (χ0) is 26.4. The molecule has 3 fully saturated rings. The van der Waals surface area contributed by atoms with Crippen molar-refractivity contribution >= 4 is 0 Å². The average molecular weight is 491 g/mol. The fourth-order valence-corrected chi connectivity index (χ4v) is 12.2.